The fourth-order valence-electron chi connectivity index (χ4n) is 1.19. The highest BCUT2D eigenvalue weighted by atomic mass is 32.1. The largest absolute Gasteiger partial charge is 0.480 e. The molecular weight excluding hydrogens is 216 g/mol. The second-order valence-corrected chi connectivity index (χ2v) is 3.91. The lowest BCUT2D eigenvalue weighted by atomic mass is 10.2. The molecule has 1 unspecified atom stereocenters. The van der Waals surface area contributed by atoms with Gasteiger partial charge >= 0.3 is 5.97 Å². The number of nitrogens with zero attached hydrogens (tertiary/aromatic N) is 1. The molecule has 84 valence electrons. The van der Waals surface area contributed by atoms with Crippen molar-refractivity contribution < 1.29 is 14.6 Å². The minimum absolute atomic E-state index is 0.488. The molecule has 0 aliphatic rings. The van der Waals surface area contributed by atoms with E-state index in [9.17, 15) is 4.79 Å². The second-order valence-electron chi connectivity index (χ2n) is 3.02. The van der Waals surface area contributed by atoms with Crippen molar-refractivity contribution in [1.82, 2.24) is 10.3 Å². The van der Waals surface area contributed by atoms with Crippen molar-refractivity contribution in [2.75, 3.05) is 20.3 Å². The van der Waals surface area contributed by atoms with E-state index in [2.05, 4.69) is 10.3 Å². The highest BCUT2D eigenvalue weighted by Crippen LogP contribution is 2.21. The van der Waals surface area contributed by atoms with Crippen LogP contribution in [0.3, 0.4) is 0 Å². The van der Waals surface area contributed by atoms with Crippen LogP contribution in [0.15, 0.2) is 5.51 Å². The van der Waals surface area contributed by atoms with Gasteiger partial charge in [-0.25, -0.2) is 4.98 Å². The normalized spacial score (nSPS) is 12.7. The Morgan fingerprint density at radius 2 is 2.53 bits per heavy atom. The van der Waals surface area contributed by atoms with Crippen LogP contribution in [0.5, 0.6) is 0 Å². The Morgan fingerprint density at radius 1 is 1.80 bits per heavy atom. The third-order valence-electron chi connectivity index (χ3n) is 1.95. The number of carboxylic acids is 1. The molecule has 0 bridgehead atoms. The number of thiazole rings is 1. The molecule has 1 heterocycles. The first kappa shape index (κ1) is 12.1. The number of aryl methyl sites for hydroxylation is 1. The van der Waals surface area contributed by atoms with Gasteiger partial charge in [-0.05, 0) is 6.92 Å². The maximum atomic E-state index is 11.0. The summed E-state index contributed by atoms with van der Waals surface area (Å²) >= 11 is 1.35. The number of ether oxygens (including phenoxy) is 1. The Morgan fingerprint density at radius 3 is 3.00 bits per heavy atom. The number of nitrogens with one attached hydrogen (secondary N) is 1. The van der Waals surface area contributed by atoms with Gasteiger partial charge in [0.25, 0.3) is 0 Å². The molecule has 0 spiro atoms. The molecule has 0 saturated carbocycles. The predicted molar refractivity (Wildman–Crippen MR) is 57.1 cm³/mol. The van der Waals surface area contributed by atoms with E-state index < -0.39 is 12.0 Å². The molecule has 15 heavy (non-hydrogen) atoms. The predicted octanol–water partition coefficient (Wildman–Crippen LogP) is 0.813. The van der Waals surface area contributed by atoms with E-state index in [0.717, 1.165) is 10.6 Å². The first-order valence-corrected chi connectivity index (χ1v) is 5.40. The Balaban J connectivity index is 2.67. The van der Waals surface area contributed by atoms with Crippen molar-refractivity contribution in [3.8, 4) is 0 Å². The van der Waals surface area contributed by atoms with Crippen molar-refractivity contribution in [2.24, 2.45) is 0 Å². The molecule has 0 aromatic carbocycles. The van der Waals surface area contributed by atoms with E-state index in [0.29, 0.717) is 13.2 Å². The molecule has 0 aliphatic heterocycles. The smallest absolute Gasteiger partial charge is 0.326 e. The summed E-state index contributed by atoms with van der Waals surface area (Å²) in [6, 6.07) is -0.687. The Labute approximate surface area is 92.1 Å². The molecule has 6 heteroatoms. The second kappa shape index (κ2) is 5.79. The lowest BCUT2D eigenvalue weighted by Crippen LogP contribution is -2.30. The molecular formula is C9H14N2O3S. The number of carbonyl (C=O) groups is 1. The van der Waals surface area contributed by atoms with Crippen LogP contribution in [-0.2, 0) is 9.53 Å². The fraction of sp³-hybridized carbons (Fsp3) is 0.556. The van der Waals surface area contributed by atoms with Crippen LogP contribution in [-0.4, -0.2) is 36.3 Å². The standard InChI is InChI=1S/C9H14N2O3S/c1-6-8(15-5-11-6)7(9(12)13)10-3-4-14-2/h5,7,10H,3-4H2,1-2H3,(H,12,13). The average molecular weight is 230 g/mol. The van der Waals surface area contributed by atoms with Crippen molar-refractivity contribution in [2.45, 2.75) is 13.0 Å². The number of hydrogen-bond donors (Lipinski definition) is 2. The maximum Gasteiger partial charge on any atom is 0.326 e. The Kier molecular flexibility index (Phi) is 4.67. The summed E-state index contributed by atoms with van der Waals surface area (Å²) in [5.41, 5.74) is 2.41. The van der Waals surface area contributed by atoms with Gasteiger partial charge in [-0.2, -0.15) is 0 Å². The molecule has 0 amide bonds. The monoisotopic (exact) mass is 230 g/mol. The van der Waals surface area contributed by atoms with Gasteiger partial charge < -0.3 is 9.84 Å². The average Bonchev–Trinajstić information content (AvgIpc) is 2.59. The van der Waals surface area contributed by atoms with Crippen molar-refractivity contribution in [3.05, 3.63) is 16.1 Å². The summed E-state index contributed by atoms with van der Waals surface area (Å²) in [5, 5.41) is 12.0. The third-order valence-corrected chi connectivity index (χ3v) is 2.94. The van der Waals surface area contributed by atoms with E-state index in [1.807, 2.05) is 0 Å². The Bertz CT molecular complexity index is 327. The van der Waals surface area contributed by atoms with Crippen molar-refractivity contribution >= 4 is 17.3 Å². The molecule has 0 radical (unpaired) electrons. The van der Waals surface area contributed by atoms with Crippen LogP contribution < -0.4 is 5.32 Å². The SMILES string of the molecule is COCCNC(C(=O)O)c1scnc1C. The number of aliphatic carboxylic acids is 1. The first-order chi connectivity index (χ1) is 7.16. The zero-order chi connectivity index (χ0) is 11.3. The van der Waals surface area contributed by atoms with E-state index in [-0.39, 0.29) is 0 Å². The van der Waals surface area contributed by atoms with Gasteiger partial charge in [-0.15, -0.1) is 11.3 Å². The lowest BCUT2D eigenvalue weighted by molar-refractivity contribution is -0.139. The molecule has 0 fully saturated rings. The van der Waals surface area contributed by atoms with E-state index in [4.69, 9.17) is 9.84 Å². The molecule has 5 nitrogen and oxygen atoms in total. The van der Waals surface area contributed by atoms with Crippen LogP contribution in [0.25, 0.3) is 0 Å². The number of hydrogen-bond acceptors (Lipinski definition) is 5. The molecule has 0 saturated heterocycles. The van der Waals surface area contributed by atoms with Crippen LogP contribution in [0.4, 0.5) is 0 Å². The maximum absolute atomic E-state index is 11.0. The first-order valence-electron chi connectivity index (χ1n) is 4.52. The van der Waals surface area contributed by atoms with Gasteiger partial charge in [0.1, 0.15) is 6.04 Å². The van der Waals surface area contributed by atoms with Gasteiger partial charge in [0.15, 0.2) is 0 Å². The third kappa shape index (κ3) is 3.26. The highest BCUT2D eigenvalue weighted by molar-refractivity contribution is 7.10. The van der Waals surface area contributed by atoms with E-state index >= 15 is 0 Å². The van der Waals surface area contributed by atoms with E-state index in [1.54, 1.807) is 19.5 Å². The van der Waals surface area contributed by atoms with Gasteiger partial charge in [-0.3, -0.25) is 10.1 Å². The highest BCUT2D eigenvalue weighted by Gasteiger charge is 2.22. The molecule has 2 N–H and O–H groups in total. The molecule has 1 atom stereocenters. The quantitative estimate of drug-likeness (QED) is 0.708. The van der Waals surface area contributed by atoms with Gasteiger partial charge in [0.2, 0.25) is 0 Å². The number of carboxylic acid groups (broad SMARTS) is 1. The molecule has 1 rings (SSSR count). The fourth-order valence-corrected chi connectivity index (χ4v) is 2.05. The summed E-state index contributed by atoms with van der Waals surface area (Å²) in [5.74, 6) is -0.890. The summed E-state index contributed by atoms with van der Waals surface area (Å²) < 4.78 is 4.85. The lowest BCUT2D eigenvalue weighted by Gasteiger charge is -2.12. The minimum atomic E-state index is -0.890. The van der Waals surface area contributed by atoms with Crippen LogP contribution in [0.2, 0.25) is 0 Å². The van der Waals surface area contributed by atoms with Crippen LogP contribution in [0.1, 0.15) is 16.6 Å². The minimum Gasteiger partial charge on any atom is -0.480 e. The molecule has 1 aromatic rings. The Hall–Kier alpha value is -0.980. The van der Waals surface area contributed by atoms with Crippen LogP contribution in [0, 0.1) is 6.92 Å². The zero-order valence-corrected chi connectivity index (χ0v) is 9.50. The summed E-state index contributed by atoms with van der Waals surface area (Å²) in [7, 11) is 1.58. The number of aromatic nitrogens is 1. The summed E-state index contributed by atoms with van der Waals surface area (Å²) in [6.07, 6.45) is 0. The van der Waals surface area contributed by atoms with Gasteiger partial charge in [0.05, 0.1) is 22.7 Å². The van der Waals surface area contributed by atoms with Gasteiger partial charge in [-0.1, -0.05) is 0 Å². The van der Waals surface area contributed by atoms with Crippen molar-refractivity contribution in [3.63, 3.8) is 0 Å². The number of rotatable bonds is 6. The zero-order valence-electron chi connectivity index (χ0n) is 8.69. The molecule has 1 aromatic heterocycles. The van der Waals surface area contributed by atoms with Crippen molar-refractivity contribution in [1.29, 1.82) is 0 Å². The van der Waals surface area contributed by atoms with Crippen LogP contribution >= 0.6 is 11.3 Å². The summed E-state index contributed by atoms with van der Waals surface area (Å²) in [4.78, 5) is 15.8. The summed E-state index contributed by atoms with van der Waals surface area (Å²) in [6.45, 7) is 2.80. The number of methoxy groups -OCH3 is 1. The van der Waals surface area contributed by atoms with Gasteiger partial charge in [0, 0.05) is 13.7 Å². The molecule has 0 aliphatic carbocycles. The topological polar surface area (TPSA) is 71.5 Å². The van der Waals surface area contributed by atoms with E-state index in [1.165, 1.54) is 11.3 Å².